The highest BCUT2D eigenvalue weighted by atomic mass is 35.5. The van der Waals surface area contributed by atoms with Gasteiger partial charge in [0, 0.05) is 16.2 Å². The lowest BCUT2D eigenvalue weighted by atomic mass is 9.53. The zero-order chi connectivity index (χ0) is 19.0. The number of carbonyl (C=O) groups excluding carboxylic acids is 2. The summed E-state index contributed by atoms with van der Waals surface area (Å²) in [5.41, 5.74) is 0.757. The molecule has 0 spiro atoms. The molecule has 0 heterocycles. The van der Waals surface area contributed by atoms with Crippen molar-refractivity contribution in [1.29, 1.82) is 0 Å². The van der Waals surface area contributed by atoms with Crippen LogP contribution in [0.3, 0.4) is 0 Å². The maximum Gasteiger partial charge on any atom is 0.279 e. The molecule has 0 radical (unpaired) electrons. The van der Waals surface area contributed by atoms with Crippen molar-refractivity contribution in [2.75, 3.05) is 25.5 Å². The molecule has 1 aromatic rings. The van der Waals surface area contributed by atoms with Crippen LogP contribution in [-0.4, -0.2) is 37.5 Å². The van der Waals surface area contributed by atoms with Gasteiger partial charge in [0.05, 0.1) is 7.05 Å². The molecular weight excluding hydrogens is 362 g/mol. The van der Waals surface area contributed by atoms with Crippen molar-refractivity contribution in [2.45, 2.75) is 44.1 Å². The lowest BCUT2D eigenvalue weighted by Gasteiger charge is -2.56. The van der Waals surface area contributed by atoms with Gasteiger partial charge in [-0.05, 0) is 80.5 Å². The van der Waals surface area contributed by atoms with Crippen molar-refractivity contribution in [3.63, 3.8) is 0 Å². The third-order valence-corrected chi connectivity index (χ3v) is 6.75. The van der Waals surface area contributed by atoms with E-state index in [1.807, 2.05) is 7.05 Å². The van der Waals surface area contributed by atoms with Gasteiger partial charge >= 0.3 is 0 Å². The van der Waals surface area contributed by atoms with E-state index < -0.39 is 0 Å². The first kappa shape index (κ1) is 18.8. The summed E-state index contributed by atoms with van der Waals surface area (Å²) in [6.07, 6.45) is 7.56. The Morgan fingerprint density at radius 3 is 2.07 bits per heavy atom. The van der Waals surface area contributed by atoms with Crippen LogP contribution < -0.4 is 15.5 Å². The third-order valence-electron chi connectivity index (χ3n) is 6.50. The van der Waals surface area contributed by atoms with Crippen molar-refractivity contribution in [1.82, 2.24) is 5.32 Å². The standard InChI is InChI=1S/C21H28ClN3O2/c1-25(12-19(26)23-18-4-2-17(22)3-5-18)13-20(27)24-21-9-14-6-15(10-21)8-16(7-14)11-21/h2-5,14-16H,6-13H2,1H3,(H,23,26)(H,24,27)/p+1. The average Bonchev–Trinajstić information content (AvgIpc) is 2.54. The highest BCUT2D eigenvalue weighted by Gasteiger charge is 2.51. The Kier molecular flexibility index (Phi) is 5.17. The molecule has 5 rings (SSSR count). The first-order chi connectivity index (χ1) is 12.9. The minimum atomic E-state index is -0.0996. The second-order valence-corrected chi connectivity index (χ2v) is 9.55. The Morgan fingerprint density at radius 1 is 1.00 bits per heavy atom. The van der Waals surface area contributed by atoms with Gasteiger partial charge in [0.25, 0.3) is 11.8 Å². The lowest BCUT2D eigenvalue weighted by molar-refractivity contribution is -0.862. The summed E-state index contributed by atoms with van der Waals surface area (Å²) in [5.74, 6) is 2.41. The Bertz CT molecular complexity index is 683. The topological polar surface area (TPSA) is 62.6 Å². The van der Waals surface area contributed by atoms with Crippen LogP contribution >= 0.6 is 11.6 Å². The van der Waals surface area contributed by atoms with Crippen LogP contribution in [0.5, 0.6) is 0 Å². The normalized spacial score (nSPS) is 32.1. The molecule has 4 bridgehead atoms. The third kappa shape index (κ3) is 4.46. The van der Waals surface area contributed by atoms with Crippen molar-refractivity contribution in [3.8, 4) is 0 Å². The van der Waals surface area contributed by atoms with E-state index in [1.165, 1.54) is 19.3 Å². The predicted octanol–water partition coefficient (Wildman–Crippen LogP) is 1.88. The summed E-state index contributed by atoms with van der Waals surface area (Å²) in [5, 5.41) is 6.86. The van der Waals surface area contributed by atoms with E-state index in [0.29, 0.717) is 11.6 Å². The van der Waals surface area contributed by atoms with Crippen LogP contribution in [0.15, 0.2) is 24.3 Å². The number of likely N-dealkylation sites (N-methyl/N-ethyl adjacent to an activating group) is 1. The summed E-state index contributed by atoms with van der Waals surface area (Å²) >= 11 is 5.86. The maximum absolute atomic E-state index is 12.6. The smallest absolute Gasteiger partial charge is 0.279 e. The Morgan fingerprint density at radius 2 is 1.52 bits per heavy atom. The second-order valence-electron chi connectivity index (χ2n) is 9.11. The van der Waals surface area contributed by atoms with Crippen molar-refractivity contribution >= 4 is 29.1 Å². The Balaban J connectivity index is 1.25. The van der Waals surface area contributed by atoms with E-state index in [1.54, 1.807) is 24.3 Å². The molecule has 1 unspecified atom stereocenters. The number of rotatable bonds is 6. The summed E-state index contributed by atoms with van der Waals surface area (Å²) in [7, 11) is 1.89. The van der Waals surface area contributed by atoms with E-state index in [0.717, 1.165) is 47.6 Å². The Hall–Kier alpha value is -1.59. The minimum Gasteiger partial charge on any atom is -0.346 e. The number of nitrogens with one attached hydrogen (secondary N) is 3. The van der Waals surface area contributed by atoms with Crippen molar-refractivity contribution in [3.05, 3.63) is 29.3 Å². The summed E-state index contributed by atoms with van der Waals surface area (Å²) in [6, 6.07) is 7.03. The van der Waals surface area contributed by atoms with E-state index >= 15 is 0 Å². The molecule has 0 saturated heterocycles. The maximum atomic E-state index is 12.6. The number of carbonyl (C=O) groups is 2. The molecule has 3 N–H and O–H groups in total. The zero-order valence-electron chi connectivity index (χ0n) is 15.9. The fourth-order valence-electron chi connectivity index (χ4n) is 5.95. The molecule has 1 aromatic carbocycles. The molecule has 27 heavy (non-hydrogen) atoms. The van der Waals surface area contributed by atoms with Gasteiger partial charge in [-0.25, -0.2) is 0 Å². The number of hydrogen-bond acceptors (Lipinski definition) is 2. The summed E-state index contributed by atoms with van der Waals surface area (Å²) in [4.78, 5) is 25.7. The van der Waals surface area contributed by atoms with Gasteiger partial charge < -0.3 is 15.5 Å². The van der Waals surface area contributed by atoms with Crippen LogP contribution in [-0.2, 0) is 9.59 Å². The average molecular weight is 391 g/mol. The van der Waals surface area contributed by atoms with E-state index in [2.05, 4.69) is 10.6 Å². The molecule has 4 aliphatic rings. The minimum absolute atomic E-state index is 0.0394. The highest BCUT2D eigenvalue weighted by Crippen LogP contribution is 2.55. The predicted molar refractivity (Wildman–Crippen MR) is 106 cm³/mol. The number of halogens is 1. The van der Waals surface area contributed by atoms with Crippen molar-refractivity contribution in [2.24, 2.45) is 17.8 Å². The van der Waals surface area contributed by atoms with Crippen LogP contribution in [0.2, 0.25) is 5.02 Å². The molecule has 0 aromatic heterocycles. The summed E-state index contributed by atoms with van der Waals surface area (Å²) < 4.78 is 0. The molecule has 5 nitrogen and oxygen atoms in total. The van der Waals surface area contributed by atoms with Crippen molar-refractivity contribution < 1.29 is 14.5 Å². The summed E-state index contributed by atoms with van der Waals surface area (Å²) in [6.45, 7) is 0.590. The molecule has 146 valence electrons. The molecule has 4 fully saturated rings. The van der Waals surface area contributed by atoms with Gasteiger partial charge in [-0.3, -0.25) is 9.59 Å². The first-order valence-electron chi connectivity index (χ1n) is 10.1. The SMILES string of the molecule is C[NH+](CC(=O)Nc1ccc(Cl)cc1)CC(=O)NC12CC3CC(CC(C3)C1)C2. The van der Waals surface area contributed by atoms with Crippen LogP contribution in [0.1, 0.15) is 38.5 Å². The molecule has 6 heteroatoms. The fraction of sp³-hybridized carbons (Fsp3) is 0.619. The molecular formula is C21H29ClN3O2+. The number of quaternary nitrogens is 1. The number of amides is 2. The van der Waals surface area contributed by atoms with Gasteiger partial charge in [-0.1, -0.05) is 11.6 Å². The molecule has 0 aliphatic heterocycles. The molecule has 1 atom stereocenters. The van der Waals surface area contributed by atoms with E-state index in [-0.39, 0.29) is 23.9 Å². The number of benzene rings is 1. The van der Waals surface area contributed by atoms with Gasteiger partial charge in [-0.15, -0.1) is 0 Å². The second kappa shape index (κ2) is 7.44. The largest absolute Gasteiger partial charge is 0.346 e. The monoisotopic (exact) mass is 390 g/mol. The highest BCUT2D eigenvalue weighted by molar-refractivity contribution is 6.30. The van der Waals surface area contributed by atoms with Crippen LogP contribution in [0.4, 0.5) is 5.69 Å². The number of anilines is 1. The lowest BCUT2D eigenvalue weighted by Crippen LogP contribution is -3.11. The molecule has 4 aliphatic carbocycles. The van der Waals surface area contributed by atoms with Gasteiger partial charge in [-0.2, -0.15) is 0 Å². The first-order valence-corrected chi connectivity index (χ1v) is 10.4. The fourth-order valence-corrected chi connectivity index (χ4v) is 6.08. The van der Waals surface area contributed by atoms with E-state index in [9.17, 15) is 9.59 Å². The molecule has 4 saturated carbocycles. The Labute approximate surface area is 165 Å². The van der Waals surface area contributed by atoms with E-state index in [4.69, 9.17) is 11.6 Å². The van der Waals surface area contributed by atoms with Crippen LogP contribution in [0.25, 0.3) is 0 Å². The van der Waals surface area contributed by atoms with Gasteiger partial charge in [0.2, 0.25) is 0 Å². The van der Waals surface area contributed by atoms with Crippen LogP contribution in [0, 0.1) is 17.8 Å². The quantitative estimate of drug-likeness (QED) is 0.694. The number of hydrogen-bond donors (Lipinski definition) is 3. The zero-order valence-corrected chi connectivity index (χ0v) is 16.6. The van der Waals surface area contributed by atoms with Gasteiger partial charge in [0.1, 0.15) is 0 Å². The molecule has 2 amide bonds. The van der Waals surface area contributed by atoms with Gasteiger partial charge in [0.15, 0.2) is 13.1 Å².